The molecule has 4 heteroatoms. The van der Waals surface area contributed by atoms with Crippen molar-refractivity contribution in [3.63, 3.8) is 0 Å². The van der Waals surface area contributed by atoms with E-state index in [-0.39, 0.29) is 5.69 Å². The molecule has 0 saturated carbocycles. The summed E-state index contributed by atoms with van der Waals surface area (Å²) in [4.78, 5) is 10.2. The van der Waals surface area contributed by atoms with Crippen LogP contribution < -0.4 is 0 Å². The Morgan fingerprint density at radius 3 is 3.00 bits per heavy atom. The van der Waals surface area contributed by atoms with Crippen LogP contribution in [0.4, 0.5) is 0 Å². The fourth-order valence-corrected chi connectivity index (χ4v) is 0.680. The van der Waals surface area contributed by atoms with Gasteiger partial charge >= 0.3 is 0 Å². The Labute approximate surface area is 57.7 Å². The molecule has 0 saturated heterocycles. The molecular weight excluding hydrogens is 130 g/mol. The Morgan fingerprint density at radius 2 is 2.60 bits per heavy atom. The fraction of sp³-hybridized carbons (Fsp3) is 0.167. The minimum absolute atomic E-state index is 0.178. The Hall–Kier alpha value is -1.63. The SMILES string of the molecule is Cn1cc(C=O)c(C#N)n1. The predicted molar refractivity (Wildman–Crippen MR) is 33.3 cm³/mol. The molecule has 0 atom stereocenters. The molecule has 10 heavy (non-hydrogen) atoms. The van der Waals surface area contributed by atoms with Crippen LogP contribution >= 0.6 is 0 Å². The van der Waals surface area contributed by atoms with Gasteiger partial charge in [0, 0.05) is 13.2 Å². The van der Waals surface area contributed by atoms with E-state index < -0.39 is 0 Å². The first-order valence-electron chi connectivity index (χ1n) is 2.67. The molecule has 1 heterocycles. The molecular formula is C6H5N3O. The molecule has 0 amide bonds. The summed E-state index contributed by atoms with van der Waals surface area (Å²) in [5.74, 6) is 0. The number of nitrogens with zero attached hydrogens (tertiary/aromatic N) is 3. The zero-order chi connectivity index (χ0) is 7.56. The van der Waals surface area contributed by atoms with E-state index in [1.807, 2.05) is 0 Å². The first-order chi connectivity index (χ1) is 4.77. The molecule has 0 fully saturated rings. The lowest BCUT2D eigenvalue weighted by Gasteiger charge is -1.78. The molecule has 4 nitrogen and oxygen atoms in total. The molecule has 1 rings (SSSR count). The predicted octanol–water partition coefficient (Wildman–Crippen LogP) is 0.104. The Balaban J connectivity index is 3.24. The average Bonchev–Trinajstić information content (AvgIpc) is 2.30. The van der Waals surface area contributed by atoms with Gasteiger partial charge in [-0.1, -0.05) is 0 Å². The van der Waals surface area contributed by atoms with Gasteiger partial charge in [-0.05, 0) is 0 Å². The molecule has 1 aromatic heterocycles. The average molecular weight is 135 g/mol. The number of rotatable bonds is 1. The Kier molecular flexibility index (Phi) is 1.50. The van der Waals surface area contributed by atoms with Gasteiger partial charge in [-0.15, -0.1) is 0 Å². The van der Waals surface area contributed by atoms with E-state index in [1.165, 1.54) is 10.9 Å². The van der Waals surface area contributed by atoms with E-state index in [4.69, 9.17) is 5.26 Å². The first kappa shape index (κ1) is 6.49. The second-order valence-corrected chi connectivity index (χ2v) is 1.84. The highest BCUT2D eigenvalue weighted by molar-refractivity contribution is 5.77. The molecule has 0 bridgehead atoms. The third-order valence-electron chi connectivity index (χ3n) is 1.09. The molecule has 0 unspecified atom stereocenters. The topological polar surface area (TPSA) is 58.7 Å². The summed E-state index contributed by atoms with van der Waals surface area (Å²) >= 11 is 0. The summed E-state index contributed by atoms with van der Waals surface area (Å²) < 4.78 is 1.43. The van der Waals surface area contributed by atoms with Crippen LogP contribution in [0.5, 0.6) is 0 Å². The first-order valence-corrected chi connectivity index (χ1v) is 2.67. The summed E-state index contributed by atoms with van der Waals surface area (Å²) in [5.41, 5.74) is 0.516. The van der Waals surface area contributed by atoms with Crippen LogP contribution in [-0.2, 0) is 7.05 Å². The zero-order valence-corrected chi connectivity index (χ0v) is 5.40. The highest BCUT2D eigenvalue weighted by atomic mass is 16.1. The lowest BCUT2D eigenvalue weighted by molar-refractivity contribution is 0.112. The van der Waals surface area contributed by atoms with Gasteiger partial charge in [0.2, 0.25) is 0 Å². The highest BCUT2D eigenvalue weighted by Crippen LogP contribution is 1.99. The van der Waals surface area contributed by atoms with Crippen LogP contribution in [-0.4, -0.2) is 16.1 Å². The number of carbonyl (C=O) groups is 1. The van der Waals surface area contributed by atoms with Gasteiger partial charge in [0.15, 0.2) is 12.0 Å². The van der Waals surface area contributed by atoms with E-state index in [9.17, 15) is 4.79 Å². The van der Waals surface area contributed by atoms with Crippen molar-refractivity contribution in [1.82, 2.24) is 9.78 Å². The van der Waals surface area contributed by atoms with Crippen molar-refractivity contribution in [2.75, 3.05) is 0 Å². The fourth-order valence-electron chi connectivity index (χ4n) is 0.680. The van der Waals surface area contributed by atoms with Gasteiger partial charge in [0.25, 0.3) is 0 Å². The molecule has 0 aromatic carbocycles. The standard InChI is InChI=1S/C6H5N3O/c1-9-3-5(4-10)6(2-7)8-9/h3-4H,1H3. The highest BCUT2D eigenvalue weighted by Gasteiger charge is 2.03. The Morgan fingerprint density at radius 1 is 1.90 bits per heavy atom. The summed E-state index contributed by atoms with van der Waals surface area (Å²) in [6.07, 6.45) is 2.12. The van der Waals surface area contributed by atoms with E-state index >= 15 is 0 Å². The van der Waals surface area contributed by atoms with Gasteiger partial charge in [0.05, 0.1) is 5.56 Å². The van der Waals surface area contributed by atoms with Gasteiger partial charge in [-0.3, -0.25) is 9.48 Å². The van der Waals surface area contributed by atoms with Crippen LogP contribution in [0.1, 0.15) is 16.1 Å². The molecule has 0 aliphatic heterocycles. The van der Waals surface area contributed by atoms with Crippen molar-refractivity contribution < 1.29 is 4.79 Å². The minimum atomic E-state index is 0.178. The van der Waals surface area contributed by atoms with E-state index in [1.54, 1.807) is 13.1 Å². The molecule has 0 N–H and O–H groups in total. The summed E-state index contributed by atoms with van der Waals surface area (Å²) in [5, 5.41) is 12.1. The number of aryl methyl sites for hydroxylation is 1. The van der Waals surface area contributed by atoms with Crippen molar-refractivity contribution in [1.29, 1.82) is 5.26 Å². The third kappa shape index (κ3) is 0.890. The van der Waals surface area contributed by atoms with Crippen LogP contribution in [0.25, 0.3) is 0 Å². The number of aldehydes is 1. The van der Waals surface area contributed by atoms with Gasteiger partial charge < -0.3 is 0 Å². The number of nitriles is 1. The second kappa shape index (κ2) is 2.31. The van der Waals surface area contributed by atoms with Gasteiger partial charge in [0.1, 0.15) is 6.07 Å². The molecule has 1 aromatic rings. The minimum Gasteiger partial charge on any atom is -0.298 e. The van der Waals surface area contributed by atoms with Gasteiger partial charge in [-0.2, -0.15) is 10.4 Å². The van der Waals surface area contributed by atoms with Crippen LogP contribution in [0.3, 0.4) is 0 Å². The van der Waals surface area contributed by atoms with Crippen molar-refractivity contribution in [3.05, 3.63) is 17.5 Å². The summed E-state index contributed by atoms with van der Waals surface area (Å²) in [7, 11) is 1.66. The maximum absolute atomic E-state index is 10.2. The van der Waals surface area contributed by atoms with E-state index in [2.05, 4.69) is 5.10 Å². The lowest BCUT2D eigenvalue weighted by atomic mass is 10.3. The quantitative estimate of drug-likeness (QED) is 0.513. The lowest BCUT2D eigenvalue weighted by Crippen LogP contribution is -1.86. The van der Waals surface area contributed by atoms with Crippen molar-refractivity contribution in [3.8, 4) is 6.07 Å². The molecule has 0 spiro atoms. The van der Waals surface area contributed by atoms with Crippen molar-refractivity contribution in [2.45, 2.75) is 0 Å². The van der Waals surface area contributed by atoms with Crippen molar-refractivity contribution in [2.24, 2.45) is 7.05 Å². The monoisotopic (exact) mass is 135 g/mol. The third-order valence-corrected chi connectivity index (χ3v) is 1.09. The van der Waals surface area contributed by atoms with Crippen LogP contribution in [0.2, 0.25) is 0 Å². The molecule has 0 aliphatic carbocycles. The van der Waals surface area contributed by atoms with Crippen LogP contribution in [0, 0.1) is 11.3 Å². The second-order valence-electron chi connectivity index (χ2n) is 1.84. The normalized spacial score (nSPS) is 8.80. The zero-order valence-electron chi connectivity index (χ0n) is 5.40. The number of aromatic nitrogens is 2. The number of carbonyl (C=O) groups excluding carboxylic acids is 1. The Bertz CT molecular complexity index is 294. The van der Waals surface area contributed by atoms with Gasteiger partial charge in [-0.25, -0.2) is 0 Å². The molecule has 0 radical (unpaired) electrons. The molecule has 0 aliphatic rings. The molecule has 50 valence electrons. The van der Waals surface area contributed by atoms with Crippen LogP contribution in [0.15, 0.2) is 6.20 Å². The number of hydrogen-bond acceptors (Lipinski definition) is 3. The number of hydrogen-bond donors (Lipinski definition) is 0. The smallest absolute Gasteiger partial charge is 0.172 e. The van der Waals surface area contributed by atoms with Crippen molar-refractivity contribution >= 4 is 6.29 Å². The summed E-state index contributed by atoms with van der Waals surface area (Å²) in [6.45, 7) is 0. The van der Waals surface area contributed by atoms with E-state index in [0.717, 1.165) is 0 Å². The maximum Gasteiger partial charge on any atom is 0.172 e. The maximum atomic E-state index is 10.2. The summed E-state index contributed by atoms with van der Waals surface area (Å²) in [6, 6.07) is 1.80. The van der Waals surface area contributed by atoms with E-state index in [0.29, 0.717) is 11.8 Å². The largest absolute Gasteiger partial charge is 0.298 e.